The first kappa shape index (κ1) is 14.4. The van der Waals surface area contributed by atoms with Crippen molar-refractivity contribution in [1.29, 1.82) is 0 Å². The molecule has 0 amide bonds. The molecule has 0 radical (unpaired) electrons. The molecule has 0 saturated carbocycles. The normalized spacial score (nSPS) is 13.6. The highest BCUT2D eigenvalue weighted by Crippen LogP contribution is 2.26. The van der Waals surface area contributed by atoms with Gasteiger partial charge in [-0.05, 0) is 56.1 Å². The summed E-state index contributed by atoms with van der Waals surface area (Å²) in [6.45, 7) is 7.30. The summed E-state index contributed by atoms with van der Waals surface area (Å²) in [5, 5.41) is 0. The van der Waals surface area contributed by atoms with Crippen molar-refractivity contribution in [3.8, 4) is 5.75 Å². The van der Waals surface area contributed by atoms with Crippen molar-refractivity contribution in [1.82, 2.24) is 4.90 Å². The van der Waals surface area contributed by atoms with Crippen LogP contribution in [-0.2, 0) is 12.8 Å². The van der Waals surface area contributed by atoms with Crippen LogP contribution in [0.15, 0.2) is 18.2 Å². The van der Waals surface area contributed by atoms with Crippen LogP contribution in [0.2, 0.25) is 0 Å². The molecule has 19 heavy (non-hydrogen) atoms. The van der Waals surface area contributed by atoms with Gasteiger partial charge in [0.05, 0.1) is 6.61 Å². The van der Waals surface area contributed by atoms with Crippen molar-refractivity contribution in [2.75, 3.05) is 32.8 Å². The maximum absolute atomic E-state index is 5.60. The molecule has 0 saturated heterocycles. The van der Waals surface area contributed by atoms with E-state index in [-0.39, 0.29) is 0 Å². The number of fused-ring (bicyclic) bond motifs is 1. The second kappa shape index (κ2) is 7.51. The molecule has 1 aliphatic rings. The Morgan fingerprint density at radius 2 is 2.16 bits per heavy atom. The third-order valence-electron chi connectivity index (χ3n) is 3.69. The molecular weight excluding hydrogens is 236 g/mol. The summed E-state index contributed by atoms with van der Waals surface area (Å²) in [4.78, 5) is 2.52. The van der Waals surface area contributed by atoms with E-state index in [1.807, 2.05) is 0 Å². The fraction of sp³-hybridized carbons (Fsp3) is 0.625. The van der Waals surface area contributed by atoms with E-state index in [0.29, 0.717) is 0 Å². The fourth-order valence-corrected chi connectivity index (χ4v) is 2.65. The van der Waals surface area contributed by atoms with Gasteiger partial charge in [-0.2, -0.15) is 0 Å². The van der Waals surface area contributed by atoms with Crippen LogP contribution in [0.1, 0.15) is 30.9 Å². The average molecular weight is 262 g/mol. The Morgan fingerprint density at radius 1 is 1.26 bits per heavy atom. The van der Waals surface area contributed by atoms with Crippen molar-refractivity contribution < 1.29 is 4.74 Å². The van der Waals surface area contributed by atoms with Gasteiger partial charge in [0.15, 0.2) is 0 Å². The van der Waals surface area contributed by atoms with Crippen molar-refractivity contribution in [3.05, 3.63) is 29.3 Å². The molecule has 2 N–H and O–H groups in total. The molecule has 0 aliphatic carbocycles. The SMILES string of the molecule is CCCN(CCCN)CCc1ccc2c(c1)CCO2. The first-order chi connectivity index (χ1) is 9.33. The van der Waals surface area contributed by atoms with Crippen LogP contribution < -0.4 is 10.5 Å². The van der Waals surface area contributed by atoms with Gasteiger partial charge in [-0.25, -0.2) is 0 Å². The Bertz CT molecular complexity index is 392. The van der Waals surface area contributed by atoms with E-state index in [1.165, 1.54) is 24.1 Å². The Labute approximate surface area is 116 Å². The molecule has 0 bridgehead atoms. The maximum Gasteiger partial charge on any atom is 0.122 e. The lowest BCUT2D eigenvalue weighted by Gasteiger charge is -2.21. The van der Waals surface area contributed by atoms with Crippen molar-refractivity contribution in [3.63, 3.8) is 0 Å². The number of hydrogen-bond acceptors (Lipinski definition) is 3. The highest BCUT2D eigenvalue weighted by Gasteiger charge is 2.12. The van der Waals surface area contributed by atoms with Crippen LogP contribution in [0.3, 0.4) is 0 Å². The van der Waals surface area contributed by atoms with E-state index in [1.54, 1.807) is 0 Å². The zero-order valence-corrected chi connectivity index (χ0v) is 12.0. The largest absolute Gasteiger partial charge is 0.493 e. The molecule has 106 valence electrons. The van der Waals surface area contributed by atoms with Crippen LogP contribution in [0.25, 0.3) is 0 Å². The van der Waals surface area contributed by atoms with Gasteiger partial charge >= 0.3 is 0 Å². The first-order valence-corrected chi connectivity index (χ1v) is 7.50. The van der Waals surface area contributed by atoms with Crippen LogP contribution in [0.4, 0.5) is 0 Å². The van der Waals surface area contributed by atoms with Crippen LogP contribution in [0.5, 0.6) is 5.75 Å². The van der Waals surface area contributed by atoms with Crippen LogP contribution in [0, 0.1) is 0 Å². The first-order valence-electron chi connectivity index (χ1n) is 7.50. The van der Waals surface area contributed by atoms with Gasteiger partial charge < -0.3 is 15.4 Å². The maximum atomic E-state index is 5.60. The van der Waals surface area contributed by atoms with E-state index in [4.69, 9.17) is 10.5 Å². The standard InChI is InChI=1S/C16H26N2O/c1-2-9-18(10-3-8-17)11-6-14-4-5-16-15(13-14)7-12-19-16/h4-5,13H,2-3,6-12,17H2,1H3. The summed E-state index contributed by atoms with van der Waals surface area (Å²) < 4.78 is 5.55. The third kappa shape index (κ3) is 4.22. The predicted octanol–water partition coefficient (Wildman–Crippen LogP) is 2.22. The van der Waals surface area contributed by atoms with Gasteiger partial charge in [-0.3, -0.25) is 0 Å². The summed E-state index contributed by atoms with van der Waals surface area (Å²) in [5.74, 6) is 1.08. The Kier molecular flexibility index (Phi) is 5.67. The molecule has 0 aromatic heterocycles. The minimum absolute atomic E-state index is 0.788. The lowest BCUT2D eigenvalue weighted by atomic mass is 10.1. The highest BCUT2D eigenvalue weighted by molar-refractivity contribution is 5.39. The van der Waals surface area contributed by atoms with Gasteiger partial charge in [0.1, 0.15) is 5.75 Å². The van der Waals surface area contributed by atoms with Gasteiger partial charge in [0.2, 0.25) is 0 Å². The van der Waals surface area contributed by atoms with Gasteiger partial charge in [-0.1, -0.05) is 19.1 Å². The summed E-state index contributed by atoms with van der Waals surface area (Å²) in [6, 6.07) is 6.65. The van der Waals surface area contributed by atoms with Crippen molar-refractivity contribution in [2.24, 2.45) is 5.73 Å². The molecular formula is C16H26N2O. The zero-order valence-electron chi connectivity index (χ0n) is 12.0. The Balaban J connectivity index is 1.85. The lowest BCUT2D eigenvalue weighted by Crippen LogP contribution is -2.29. The average Bonchev–Trinajstić information content (AvgIpc) is 2.89. The molecule has 1 heterocycles. The van der Waals surface area contributed by atoms with Crippen molar-refractivity contribution >= 4 is 0 Å². The smallest absolute Gasteiger partial charge is 0.122 e. The van der Waals surface area contributed by atoms with Crippen molar-refractivity contribution in [2.45, 2.75) is 32.6 Å². The number of benzene rings is 1. The highest BCUT2D eigenvalue weighted by atomic mass is 16.5. The fourth-order valence-electron chi connectivity index (χ4n) is 2.65. The van der Waals surface area contributed by atoms with Gasteiger partial charge in [0.25, 0.3) is 0 Å². The number of ether oxygens (including phenoxy) is 1. The number of hydrogen-bond donors (Lipinski definition) is 1. The molecule has 3 heteroatoms. The Hall–Kier alpha value is -1.06. The second-order valence-corrected chi connectivity index (χ2v) is 5.27. The lowest BCUT2D eigenvalue weighted by molar-refractivity contribution is 0.275. The topological polar surface area (TPSA) is 38.5 Å². The minimum Gasteiger partial charge on any atom is -0.493 e. The molecule has 1 aromatic rings. The molecule has 0 fully saturated rings. The van der Waals surface area contributed by atoms with Crippen LogP contribution >= 0.6 is 0 Å². The molecule has 0 atom stereocenters. The van der Waals surface area contributed by atoms with E-state index in [9.17, 15) is 0 Å². The molecule has 3 nitrogen and oxygen atoms in total. The third-order valence-corrected chi connectivity index (χ3v) is 3.69. The van der Waals surface area contributed by atoms with E-state index in [0.717, 1.165) is 51.3 Å². The monoisotopic (exact) mass is 262 g/mol. The van der Waals surface area contributed by atoms with Gasteiger partial charge in [-0.15, -0.1) is 0 Å². The molecule has 0 unspecified atom stereocenters. The molecule has 0 spiro atoms. The summed E-state index contributed by atoms with van der Waals surface area (Å²) >= 11 is 0. The van der Waals surface area contributed by atoms with Gasteiger partial charge in [0, 0.05) is 13.0 Å². The quantitative estimate of drug-likeness (QED) is 0.781. The predicted molar refractivity (Wildman–Crippen MR) is 79.7 cm³/mol. The minimum atomic E-state index is 0.788. The summed E-state index contributed by atoms with van der Waals surface area (Å²) in [5.41, 5.74) is 8.41. The summed E-state index contributed by atoms with van der Waals surface area (Å²) in [7, 11) is 0. The van der Waals surface area contributed by atoms with E-state index < -0.39 is 0 Å². The number of rotatable bonds is 8. The van der Waals surface area contributed by atoms with Crippen LogP contribution in [-0.4, -0.2) is 37.7 Å². The zero-order chi connectivity index (χ0) is 13.5. The second-order valence-electron chi connectivity index (χ2n) is 5.27. The van der Waals surface area contributed by atoms with E-state index in [2.05, 4.69) is 30.0 Å². The molecule has 2 rings (SSSR count). The summed E-state index contributed by atoms with van der Waals surface area (Å²) in [6.07, 6.45) is 4.49. The molecule has 1 aromatic carbocycles. The number of nitrogens with two attached hydrogens (primary N) is 1. The number of nitrogens with zero attached hydrogens (tertiary/aromatic N) is 1. The Morgan fingerprint density at radius 3 is 2.95 bits per heavy atom. The van der Waals surface area contributed by atoms with E-state index >= 15 is 0 Å². The molecule has 1 aliphatic heterocycles.